The van der Waals surface area contributed by atoms with Gasteiger partial charge in [0, 0.05) is 16.1 Å². The minimum absolute atomic E-state index is 0.0247. The Morgan fingerprint density at radius 1 is 1.00 bits per heavy atom. The Balaban J connectivity index is 2.76. The number of ether oxygens (including phenoxy) is 1. The van der Waals surface area contributed by atoms with Gasteiger partial charge < -0.3 is 4.74 Å². The molecule has 1 aliphatic carbocycles. The summed E-state index contributed by atoms with van der Waals surface area (Å²) in [5.41, 5.74) is 5.20. The van der Waals surface area contributed by atoms with E-state index in [1.807, 2.05) is 0 Å². The second-order valence-electron chi connectivity index (χ2n) is 9.21. The average molecular weight is 376 g/mol. The quantitative estimate of drug-likeness (QED) is 0.513. The molecule has 0 spiro atoms. The highest BCUT2D eigenvalue weighted by Crippen LogP contribution is 2.49. The third-order valence-electron chi connectivity index (χ3n) is 4.79. The maximum atomic E-state index is 6.53. The van der Waals surface area contributed by atoms with Crippen molar-refractivity contribution in [1.29, 1.82) is 0 Å². The zero-order valence-corrected chi connectivity index (χ0v) is 19.0. The maximum absolute atomic E-state index is 6.53. The van der Waals surface area contributed by atoms with Gasteiger partial charge in [-0.3, -0.25) is 0 Å². The van der Waals surface area contributed by atoms with Crippen molar-refractivity contribution in [3.8, 4) is 5.75 Å². The van der Waals surface area contributed by atoms with E-state index in [1.165, 1.54) is 16.7 Å². The number of allylic oxidation sites excluding steroid dienone is 4. The zero-order chi connectivity index (χ0) is 19.2. The fourth-order valence-corrected chi connectivity index (χ4v) is 5.44. The predicted molar refractivity (Wildman–Crippen MR) is 113 cm³/mol. The van der Waals surface area contributed by atoms with Crippen molar-refractivity contribution in [1.82, 2.24) is 0 Å². The van der Waals surface area contributed by atoms with Crippen molar-refractivity contribution >= 4 is 26.0 Å². The lowest BCUT2D eigenvalue weighted by molar-refractivity contribution is 0.396. The van der Waals surface area contributed by atoms with Gasteiger partial charge in [-0.15, -0.1) is 0 Å². The third-order valence-corrected chi connectivity index (χ3v) is 6.67. The van der Waals surface area contributed by atoms with E-state index in [1.54, 1.807) is 12.3 Å². The molecule has 1 aromatic rings. The molecule has 0 fully saturated rings. The van der Waals surface area contributed by atoms with E-state index in [9.17, 15) is 0 Å². The number of halogens is 1. The van der Waals surface area contributed by atoms with Crippen molar-refractivity contribution < 1.29 is 4.74 Å². The second-order valence-corrected chi connectivity index (χ2v) is 12.2. The van der Waals surface area contributed by atoms with Gasteiger partial charge in [-0.2, -0.15) is 0 Å². The van der Waals surface area contributed by atoms with Crippen molar-refractivity contribution in [3.05, 3.63) is 45.1 Å². The molecule has 137 valence electrons. The lowest BCUT2D eigenvalue weighted by Crippen LogP contribution is -2.18. The minimum atomic E-state index is -0.496. The summed E-state index contributed by atoms with van der Waals surface area (Å²) < 4.78 is 5.91. The van der Waals surface area contributed by atoms with E-state index in [-0.39, 0.29) is 10.8 Å². The van der Waals surface area contributed by atoms with Crippen molar-refractivity contribution in [2.24, 2.45) is 5.41 Å². The molecule has 1 aromatic carbocycles. The molecule has 1 aliphatic rings. The Labute approximate surface area is 160 Å². The van der Waals surface area contributed by atoms with Crippen LogP contribution in [-0.2, 0) is 5.41 Å². The van der Waals surface area contributed by atoms with Crippen LogP contribution in [0.25, 0.3) is 5.57 Å². The number of methoxy groups -OCH3 is 1. The van der Waals surface area contributed by atoms with Gasteiger partial charge >= 0.3 is 0 Å². The molecule has 0 unspecified atom stereocenters. The standard InChI is InChI=1S/C22H32ClOSi/c1-21(2,3)17-13-14(23)12-16(20(17)24-7)15-10-11-18(25(8)9)19(15)22(4,5)6/h10,12-13H,11H2,1-9H3. The van der Waals surface area contributed by atoms with Crippen LogP contribution in [0.1, 0.15) is 59.1 Å². The van der Waals surface area contributed by atoms with Gasteiger partial charge in [0.2, 0.25) is 0 Å². The monoisotopic (exact) mass is 375 g/mol. The van der Waals surface area contributed by atoms with Gasteiger partial charge in [-0.25, -0.2) is 0 Å². The van der Waals surface area contributed by atoms with Gasteiger partial charge in [0.25, 0.3) is 0 Å². The van der Waals surface area contributed by atoms with Crippen LogP contribution in [0.4, 0.5) is 0 Å². The molecule has 0 saturated heterocycles. The maximum Gasteiger partial charge on any atom is 0.130 e. The first-order valence-corrected chi connectivity index (χ1v) is 11.9. The Kier molecular flexibility index (Phi) is 5.66. The van der Waals surface area contributed by atoms with E-state index in [4.69, 9.17) is 16.3 Å². The number of benzene rings is 1. The summed E-state index contributed by atoms with van der Waals surface area (Å²) in [7, 11) is 1.28. The molecule has 0 atom stereocenters. The molecule has 2 rings (SSSR count). The van der Waals surface area contributed by atoms with Crippen LogP contribution in [0.15, 0.2) is 29.0 Å². The van der Waals surface area contributed by atoms with Gasteiger partial charge in [0.1, 0.15) is 5.75 Å². The lowest BCUT2D eigenvalue weighted by Gasteiger charge is -2.30. The van der Waals surface area contributed by atoms with Crippen LogP contribution in [0.3, 0.4) is 0 Å². The fourth-order valence-electron chi connectivity index (χ4n) is 3.70. The van der Waals surface area contributed by atoms with Crippen LogP contribution in [0.2, 0.25) is 18.1 Å². The average Bonchev–Trinajstić information content (AvgIpc) is 2.90. The highest BCUT2D eigenvalue weighted by molar-refractivity contribution is 6.64. The minimum Gasteiger partial charge on any atom is -0.496 e. The highest BCUT2D eigenvalue weighted by atomic mass is 35.5. The first kappa shape index (κ1) is 20.3. The van der Waals surface area contributed by atoms with Crippen LogP contribution in [-0.4, -0.2) is 15.9 Å². The predicted octanol–water partition coefficient (Wildman–Crippen LogP) is 7.07. The van der Waals surface area contributed by atoms with E-state index >= 15 is 0 Å². The highest BCUT2D eigenvalue weighted by Gasteiger charge is 2.33. The second kappa shape index (κ2) is 6.96. The first-order valence-electron chi connectivity index (χ1n) is 9.01. The molecular weight excluding hydrogens is 344 g/mol. The zero-order valence-electron chi connectivity index (χ0n) is 17.2. The molecule has 25 heavy (non-hydrogen) atoms. The molecule has 0 saturated carbocycles. The van der Waals surface area contributed by atoms with Crippen molar-refractivity contribution in [2.75, 3.05) is 7.11 Å². The third kappa shape index (κ3) is 4.06. The fraction of sp³-hybridized carbons (Fsp3) is 0.545. The summed E-state index contributed by atoms with van der Waals surface area (Å²) >= 11 is 6.53. The Bertz CT molecular complexity index is 728. The SMILES string of the molecule is COc1c(C2=CCC([Si](C)C)=C2C(C)(C)C)cc(Cl)cc1C(C)(C)C. The largest absolute Gasteiger partial charge is 0.496 e. The van der Waals surface area contributed by atoms with Gasteiger partial charge in [-0.05, 0) is 40.5 Å². The summed E-state index contributed by atoms with van der Waals surface area (Å²) in [6, 6.07) is 4.13. The van der Waals surface area contributed by atoms with E-state index in [0.717, 1.165) is 22.8 Å². The lowest BCUT2D eigenvalue weighted by atomic mass is 9.79. The molecule has 1 nitrogen and oxygen atoms in total. The molecular formula is C22H32ClOSi. The summed E-state index contributed by atoms with van der Waals surface area (Å²) in [6.45, 7) is 18.3. The van der Waals surface area contributed by atoms with Crippen LogP contribution >= 0.6 is 11.6 Å². The van der Waals surface area contributed by atoms with Gasteiger partial charge in [0.15, 0.2) is 0 Å². The van der Waals surface area contributed by atoms with Crippen LogP contribution in [0.5, 0.6) is 5.75 Å². The van der Waals surface area contributed by atoms with Gasteiger partial charge in [-0.1, -0.05) is 77.5 Å². The normalized spacial score (nSPS) is 15.9. The number of rotatable bonds is 3. The molecule has 0 heterocycles. The van der Waals surface area contributed by atoms with Crippen LogP contribution in [0, 0.1) is 5.41 Å². The van der Waals surface area contributed by atoms with E-state index in [2.05, 4.69) is 72.8 Å². The molecule has 0 amide bonds. The van der Waals surface area contributed by atoms with Gasteiger partial charge in [0.05, 0.1) is 15.9 Å². The Hall–Kier alpha value is -0.993. The topological polar surface area (TPSA) is 9.23 Å². The van der Waals surface area contributed by atoms with Crippen molar-refractivity contribution in [3.63, 3.8) is 0 Å². The summed E-state index contributed by atoms with van der Waals surface area (Å²) in [5.74, 6) is 0.965. The Morgan fingerprint density at radius 2 is 1.60 bits per heavy atom. The molecule has 0 aromatic heterocycles. The number of hydrogen-bond donors (Lipinski definition) is 0. The van der Waals surface area contributed by atoms with E-state index < -0.39 is 8.80 Å². The molecule has 1 radical (unpaired) electrons. The smallest absolute Gasteiger partial charge is 0.130 e. The molecule has 0 aliphatic heterocycles. The van der Waals surface area contributed by atoms with E-state index in [0.29, 0.717) is 0 Å². The molecule has 0 N–H and O–H groups in total. The number of hydrogen-bond acceptors (Lipinski definition) is 1. The van der Waals surface area contributed by atoms with Crippen molar-refractivity contribution in [2.45, 2.75) is 66.5 Å². The Morgan fingerprint density at radius 3 is 2.04 bits per heavy atom. The summed E-state index contributed by atoms with van der Waals surface area (Å²) in [5, 5.41) is 2.41. The molecule has 3 heteroatoms. The summed E-state index contributed by atoms with van der Waals surface area (Å²) in [4.78, 5) is 0. The summed E-state index contributed by atoms with van der Waals surface area (Å²) in [6.07, 6.45) is 3.44. The first-order chi connectivity index (χ1) is 11.4. The molecule has 0 bridgehead atoms. The van der Waals surface area contributed by atoms with Crippen LogP contribution < -0.4 is 4.74 Å².